The van der Waals surface area contributed by atoms with E-state index in [1.165, 1.54) is 33.4 Å². The van der Waals surface area contributed by atoms with Crippen LogP contribution in [-0.2, 0) is 5.41 Å². The van der Waals surface area contributed by atoms with E-state index in [2.05, 4.69) is 265 Å². The van der Waals surface area contributed by atoms with E-state index in [0.29, 0.717) is 0 Å². The third kappa shape index (κ3) is 5.90. The normalized spacial score (nSPS) is 12.5. The molecule has 302 valence electrons. The molecule has 0 amide bonds. The molecule has 1 aliphatic rings. The molecule has 11 aromatic rings. The Morgan fingerprint density at radius 3 is 1.28 bits per heavy atom. The van der Waals surface area contributed by atoms with Crippen molar-refractivity contribution in [2.45, 2.75) is 5.41 Å². The molecule has 0 N–H and O–H groups in total. The van der Waals surface area contributed by atoms with Crippen molar-refractivity contribution < 1.29 is 4.42 Å². The van der Waals surface area contributed by atoms with Crippen LogP contribution < -0.4 is 9.80 Å². The van der Waals surface area contributed by atoms with Crippen molar-refractivity contribution in [2.75, 3.05) is 9.80 Å². The van der Waals surface area contributed by atoms with Gasteiger partial charge in [-0.2, -0.15) is 0 Å². The van der Waals surface area contributed by atoms with E-state index >= 15 is 0 Å². The molecule has 0 bridgehead atoms. The predicted molar refractivity (Wildman–Crippen MR) is 266 cm³/mol. The summed E-state index contributed by atoms with van der Waals surface area (Å²) in [5.41, 5.74) is 17.1. The molecule has 0 saturated heterocycles. The second-order valence-electron chi connectivity index (χ2n) is 16.4. The van der Waals surface area contributed by atoms with E-state index in [1.807, 2.05) is 0 Å². The molecular weight excluding hydrogens is 777 g/mol. The van der Waals surface area contributed by atoms with Crippen LogP contribution in [-0.4, -0.2) is 0 Å². The Bertz CT molecular complexity index is 3330. The molecule has 3 heteroatoms. The van der Waals surface area contributed by atoms with Gasteiger partial charge < -0.3 is 14.2 Å². The molecule has 3 nitrogen and oxygen atoms in total. The maximum absolute atomic E-state index is 7.34. The Morgan fingerprint density at radius 1 is 0.297 bits per heavy atom. The molecule has 0 fully saturated rings. The van der Waals surface area contributed by atoms with E-state index in [4.69, 9.17) is 4.42 Å². The fourth-order valence-corrected chi connectivity index (χ4v) is 10.2. The number of furan rings is 1. The lowest BCUT2D eigenvalue weighted by Gasteiger charge is -2.34. The van der Waals surface area contributed by atoms with Gasteiger partial charge in [0.25, 0.3) is 0 Å². The quantitative estimate of drug-likeness (QED) is 0.145. The summed E-state index contributed by atoms with van der Waals surface area (Å²) in [5, 5.41) is 2.09. The van der Waals surface area contributed by atoms with Gasteiger partial charge in [0, 0.05) is 33.7 Å². The molecule has 10 aromatic carbocycles. The summed E-state index contributed by atoms with van der Waals surface area (Å²) in [5.74, 6) is 0. The van der Waals surface area contributed by atoms with E-state index in [0.717, 1.165) is 67.2 Å². The Balaban J connectivity index is 1.11. The molecule has 1 aromatic heterocycles. The van der Waals surface area contributed by atoms with Crippen LogP contribution in [0.3, 0.4) is 0 Å². The zero-order valence-corrected chi connectivity index (χ0v) is 35.1. The predicted octanol–water partition coefficient (Wildman–Crippen LogP) is 16.6. The second-order valence-corrected chi connectivity index (χ2v) is 16.4. The number of rotatable bonds is 9. The van der Waals surface area contributed by atoms with Crippen LogP contribution in [0.2, 0.25) is 0 Å². The number of hydrogen-bond acceptors (Lipinski definition) is 3. The van der Waals surface area contributed by atoms with Crippen LogP contribution in [0.15, 0.2) is 259 Å². The first-order chi connectivity index (χ1) is 31.8. The molecule has 0 radical (unpaired) electrons. The van der Waals surface area contributed by atoms with Crippen LogP contribution >= 0.6 is 0 Å². The number of nitrogens with zero attached hydrogens (tertiary/aromatic N) is 2. The zero-order chi connectivity index (χ0) is 42.5. The Labute approximate surface area is 373 Å². The maximum Gasteiger partial charge on any atom is 0.161 e. The lowest BCUT2D eigenvalue weighted by Crippen LogP contribution is -2.28. The average Bonchev–Trinajstić information content (AvgIpc) is 3.92. The highest BCUT2D eigenvalue weighted by Gasteiger charge is 2.45. The average molecular weight is 819 g/mol. The molecule has 0 saturated carbocycles. The van der Waals surface area contributed by atoms with Crippen molar-refractivity contribution in [3.8, 4) is 22.3 Å². The highest BCUT2D eigenvalue weighted by Crippen LogP contribution is 2.57. The minimum Gasteiger partial charge on any atom is -0.453 e. The van der Waals surface area contributed by atoms with Crippen LogP contribution in [0.5, 0.6) is 0 Å². The number of para-hydroxylation sites is 4. The largest absolute Gasteiger partial charge is 0.453 e. The SMILES string of the molecule is c1ccc(-c2cccc3c2oc2c(N(c4ccccc4)c4ccc(C5(c6ccccc6)c6ccccc6-c6ccccc65)cc4)ccc(N(c4ccccc4)c4ccccc4)c23)cc1. The molecule has 64 heavy (non-hydrogen) atoms. The summed E-state index contributed by atoms with van der Waals surface area (Å²) < 4.78 is 7.34. The van der Waals surface area contributed by atoms with Crippen LogP contribution in [0.1, 0.15) is 22.3 Å². The summed E-state index contributed by atoms with van der Waals surface area (Å²) >= 11 is 0. The van der Waals surface area contributed by atoms with Gasteiger partial charge >= 0.3 is 0 Å². The lowest BCUT2D eigenvalue weighted by atomic mass is 9.68. The first kappa shape index (κ1) is 37.4. The highest BCUT2D eigenvalue weighted by molar-refractivity contribution is 6.19. The van der Waals surface area contributed by atoms with Crippen LogP contribution in [0.25, 0.3) is 44.2 Å². The minimum absolute atomic E-state index is 0.496. The van der Waals surface area contributed by atoms with Gasteiger partial charge in [0.05, 0.1) is 22.2 Å². The van der Waals surface area contributed by atoms with Gasteiger partial charge in [-0.25, -0.2) is 0 Å². The highest BCUT2D eigenvalue weighted by atomic mass is 16.3. The van der Waals surface area contributed by atoms with Crippen molar-refractivity contribution in [3.63, 3.8) is 0 Å². The van der Waals surface area contributed by atoms with Gasteiger partial charge in [0.1, 0.15) is 5.58 Å². The molecule has 12 rings (SSSR count). The van der Waals surface area contributed by atoms with E-state index in [1.54, 1.807) is 0 Å². The fraction of sp³-hybridized carbons (Fsp3) is 0.0164. The maximum atomic E-state index is 7.34. The summed E-state index contributed by atoms with van der Waals surface area (Å²) in [4.78, 5) is 4.69. The third-order valence-corrected chi connectivity index (χ3v) is 12.9. The van der Waals surface area contributed by atoms with Gasteiger partial charge in [0.15, 0.2) is 5.58 Å². The minimum atomic E-state index is -0.496. The lowest BCUT2D eigenvalue weighted by molar-refractivity contribution is 0.670. The smallest absolute Gasteiger partial charge is 0.161 e. The molecule has 0 spiro atoms. The molecule has 0 unspecified atom stereocenters. The molecule has 0 aliphatic heterocycles. The van der Waals surface area contributed by atoms with Gasteiger partial charge in [0.2, 0.25) is 0 Å². The van der Waals surface area contributed by atoms with Crippen molar-refractivity contribution in [2.24, 2.45) is 0 Å². The molecular formula is C61H42N2O. The molecule has 0 atom stereocenters. The number of benzene rings is 10. The standard InChI is InChI=1S/C61H42N2O/c1-6-21-43(22-7-1)50-33-20-34-53-58-56(62(46-25-10-3-11-26-46)47-27-12-4-13-28-47)41-42-57(60(58)64-59(50)53)63(48-29-14-5-15-30-48)49-39-37-45(38-40-49)61(44-23-8-2-9-24-44)54-35-18-16-31-51(54)52-32-17-19-36-55(52)61/h1-42H. The van der Waals surface area contributed by atoms with Gasteiger partial charge in [-0.3, -0.25) is 0 Å². The van der Waals surface area contributed by atoms with Gasteiger partial charge in [-0.05, 0) is 99.6 Å². The summed E-state index contributed by atoms with van der Waals surface area (Å²) in [6, 6.07) is 91.5. The first-order valence-electron chi connectivity index (χ1n) is 21.9. The van der Waals surface area contributed by atoms with Crippen molar-refractivity contribution in [1.82, 2.24) is 0 Å². The van der Waals surface area contributed by atoms with Crippen molar-refractivity contribution in [1.29, 1.82) is 0 Å². The number of hydrogen-bond donors (Lipinski definition) is 0. The first-order valence-corrected chi connectivity index (χ1v) is 21.9. The summed E-state index contributed by atoms with van der Waals surface area (Å²) in [6.07, 6.45) is 0. The number of fused-ring (bicyclic) bond motifs is 6. The second kappa shape index (κ2) is 15.5. The summed E-state index contributed by atoms with van der Waals surface area (Å²) in [6.45, 7) is 0. The summed E-state index contributed by atoms with van der Waals surface area (Å²) in [7, 11) is 0. The van der Waals surface area contributed by atoms with E-state index in [-0.39, 0.29) is 0 Å². The monoisotopic (exact) mass is 818 g/mol. The Morgan fingerprint density at radius 2 is 0.719 bits per heavy atom. The molecule has 1 heterocycles. The van der Waals surface area contributed by atoms with Gasteiger partial charge in [-0.1, -0.05) is 194 Å². The van der Waals surface area contributed by atoms with Gasteiger partial charge in [-0.15, -0.1) is 0 Å². The van der Waals surface area contributed by atoms with Crippen LogP contribution in [0.4, 0.5) is 34.1 Å². The fourth-order valence-electron chi connectivity index (χ4n) is 10.2. The van der Waals surface area contributed by atoms with Crippen molar-refractivity contribution >= 4 is 56.1 Å². The zero-order valence-electron chi connectivity index (χ0n) is 35.1. The topological polar surface area (TPSA) is 19.6 Å². The molecule has 1 aliphatic carbocycles. The Kier molecular flexibility index (Phi) is 9.05. The van der Waals surface area contributed by atoms with E-state index in [9.17, 15) is 0 Å². The van der Waals surface area contributed by atoms with Crippen LogP contribution in [0, 0.1) is 0 Å². The number of anilines is 6. The third-order valence-electron chi connectivity index (χ3n) is 12.9. The van der Waals surface area contributed by atoms with Crippen molar-refractivity contribution in [3.05, 3.63) is 277 Å². The van der Waals surface area contributed by atoms with E-state index < -0.39 is 5.41 Å². The Hall–Kier alpha value is -8.40.